The van der Waals surface area contributed by atoms with Crippen molar-refractivity contribution in [2.45, 2.75) is 39.2 Å². The van der Waals surface area contributed by atoms with Crippen LogP contribution >= 0.6 is 0 Å². The fourth-order valence-corrected chi connectivity index (χ4v) is 3.40. The van der Waals surface area contributed by atoms with Gasteiger partial charge in [-0.15, -0.1) is 0 Å². The average Bonchev–Trinajstić information content (AvgIpc) is 3.01. The first kappa shape index (κ1) is 12.5. The van der Waals surface area contributed by atoms with E-state index >= 15 is 0 Å². The number of aryl methyl sites for hydroxylation is 1. The van der Waals surface area contributed by atoms with Crippen molar-refractivity contribution in [2.75, 3.05) is 18.4 Å². The third kappa shape index (κ3) is 2.20. The van der Waals surface area contributed by atoms with E-state index in [1.54, 1.807) is 6.20 Å². The maximum absolute atomic E-state index is 12.7. The lowest BCUT2D eigenvalue weighted by Crippen LogP contribution is -2.38. The molecule has 1 aromatic heterocycles. The molecule has 2 fully saturated rings. The highest BCUT2D eigenvalue weighted by Crippen LogP contribution is 2.38. The summed E-state index contributed by atoms with van der Waals surface area (Å²) in [5.41, 5.74) is 2.58. The molecular weight excluding hydrogens is 238 g/mol. The van der Waals surface area contributed by atoms with Crippen LogP contribution in [0.5, 0.6) is 0 Å². The summed E-state index contributed by atoms with van der Waals surface area (Å²) in [5.74, 6) is 0.880. The molecular formula is C15H21N3O. The number of rotatable bonds is 3. The highest BCUT2D eigenvalue weighted by atomic mass is 16.2. The molecule has 2 atom stereocenters. The first-order valence-electron chi connectivity index (χ1n) is 7.20. The zero-order valence-corrected chi connectivity index (χ0v) is 11.6. The van der Waals surface area contributed by atoms with Gasteiger partial charge < -0.3 is 10.2 Å². The van der Waals surface area contributed by atoms with Gasteiger partial charge in [-0.25, -0.2) is 0 Å². The van der Waals surface area contributed by atoms with Crippen molar-refractivity contribution in [1.82, 2.24) is 9.88 Å². The number of pyridine rings is 1. The van der Waals surface area contributed by atoms with Crippen LogP contribution in [0.4, 0.5) is 5.69 Å². The van der Waals surface area contributed by atoms with E-state index < -0.39 is 0 Å². The molecule has 1 saturated heterocycles. The van der Waals surface area contributed by atoms with Crippen LogP contribution in [0.15, 0.2) is 12.3 Å². The monoisotopic (exact) mass is 259 g/mol. The number of carbonyl (C=O) groups excluding carboxylic acids is 1. The zero-order chi connectivity index (χ0) is 13.4. The Morgan fingerprint density at radius 1 is 1.53 bits per heavy atom. The molecule has 4 heteroatoms. The van der Waals surface area contributed by atoms with Gasteiger partial charge in [0.1, 0.15) is 0 Å². The number of fused-ring (bicyclic) bond motifs is 2. The molecule has 1 amide bonds. The van der Waals surface area contributed by atoms with Crippen LogP contribution in [-0.4, -0.2) is 34.9 Å². The van der Waals surface area contributed by atoms with Gasteiger partial charge in [0, 0.05) is 31.0 Å². The number of nitrogens with one attached hydrogen (secondary N) is 1. The van der Waals surface area contributed by atoms with Crippen molar-refractivity contribution in [1.29, 1.82) is 0 Å². The van der Waals surface area contributed by atoms with Crippen LogP contribution in [0, 0.1) is 12.8 Å². The van der Waals surface area contributed by atoms with Crippen molar-refractivity contribution in [3.63, 3.8) is 0 Å². The molecule has 102 valence electrons. The van der Waals surface area contributed by atoms with E-state index in [1.807, 2.05) is 19.9 Å². The number of aromatic nitrogens is 1. The minimum absolute atomic E-state index is 0.149. The number of carbonyl (C=O) groups is 1. The molecule has 1 saturated carbocycles. The molecule has 4 nitrogen and oxygen atoms in total. The number of piperidine rings is 1. The van der Waals surface area contributed by atoms with Crippen LogP contribution < -0.4 is 5.32 Å². The Morgan fingerprint density at radius 2 is 2.37 bits per heavy atom. The maximum Gasteiger partial charge on any atom is 0.257 e. The van der Waals surface area contributed by atoms with Crippen LogP contribution in [0.3, 0.4) is 0 Å². The first-order valence-corrected chi connectivity index (χ1v) is 7.20. The molecule has 3 rings (SSSR count). The Labute approximate surface area is 114 Å². The Balaban J connectivity index is 1.87. The largest absolute Gasteiger partial charge is 0.385 e. The predicted molar refractivity (Wildman–Crippen MR) is 75.3 cm³/mol. The Hall–Kier alpha value is -1.58. The summed E-state index contributed by atoms with van der Waals surface area (Å²) >= 11 is 0. The van der Waals surface area contributed by atoms with Gasteiger partial charge in [0.05, 0.1) is 11.3 Å². The zero-order valence-electron chi connectivity index (χ0n) is 11.6. The van der Waals surface area contributed by atoms with Gasteiger partial charge in [0.15, 0.2) is 0 Å². The van der Waals surface area contributed by atoms with Crippen molar-refractivity contribution >= 4 is 11.6 Å². The second-order valence-corrected chi connectivity index (χ2v) is 5.69. The maximum atomic E-state index is 12.7. The predicted octanol–water partition coefficient (Wildman–Crippen LogP) is 2.45. The van der Waals surface area contributed by atoms with Gasteiger partial charge in [-0.3, -0.25) is 9.78 Å². The normalized spacial score (nSPS) is 24.8. The van der Waals surface area contributed by atoms with Crippen molar-refractivity contribution in [3.05, 3.63) is 23.5 Å². The van der Waals surface area contributed by atoms with Crippen molar-refractivity contribution < 1.29 is 4.79 Å². The van der Waals surface area contributed by atoms with E-state index in [9.17, 15) is 4.79 Å². The van der Waals surface area contributed by atoms with Gasteiger partial charge in [-0.2, -0.15) is 0 Å². The minimum atomic E-state index is 0.149. The molecule has 0 radical (unpaired) electrons. The molecule has 0 aromatic carbocycles. The fraction of sp³-hybridized carbons (Fsp3) is 0.600. The first-order chi connectivity index (χ1) is 9.19. The number of likely N-dealkylation sites (tertiary alicyclic amines) is 1. The Morgan fingerprint density at radius 3 is 3.00 bits per heavy atom. The van der Waals surface area contributed by atoms with Crippen LogP contribution in [-0.2, 0) is 0 Å². The molecule has 2 aliphatic rings. The third-order valence-corrected chi connectivity index (χ3v) is 4.31. The number of hydrogen-bond acceptors (Lipinski definition) is 3. The summed E-state index contributed by atoms with van der Waals surface area (Å²) in [6.07, 6.45) is 5.39. The molecule has 19 heavy (non-hydrogen) atoms. The van der Waals surface area contributed by atoms with E-state index in [0.29, 0.717) is 6.04 Å². The highest BCUT2D eigenvalue weighted by Gasteiger charge is 2.40. The molecule has 2 bridgehead atoms. The van der Waals surface area contributed by atoms with E-state index in [-0.39, 0.29) is 5.91 Å². The molecule has 1 N–H and O–H groups in total. The topological polar surface area (TPSA) is 45.2 Å². The fourth-order valence-electron chi connectivity index (χ4n) is 3.40. The summed E-state index contributed by atoms with van der Waals surface area (Å²) in [4.78, 5) is 19.0. The Bertz CT molecular complexity index is 500. The van der Waals surface area contributed by atoms with E-state index in [0.717, 1.165) is 36.0 Å². The lowest BCUT2D eigenvalue weighted by Gasteiger charge is -2.27. The summed E-state index contributed by atoms with van der Waals surface area (Å²) in [6.45, 7) is 5.74. The molecule has 2 heterocycles. The SMILES string of the molecule is CCNc1cc(C)ncc1C(=O)N1CC2CCC1C2. The van der Waals surface area contributed by atoms with Gasteiger partial charge in [-0.05, 0) is 45.1 Å². The van der Waals surface area contributed by atoms with Gasteiger partial charge >= 0.3 is 0 Å². The molecule has 1 aliphatic heterocycles. The summed E-state index contributed by atoms with van der Waals surface area (Å²) in [5, 5.41) is 3.28. The minimum Gasteiger partial charge on any atom is -0.385 e. The lowest BCUT2D eigenvalue weighted by atomic mass is 10.1. The third-order valence-electron chi connectivity index (χ3n) is 4.31. The average molecular weight is 259 g/mol. The van der Waals surface area contributed by atoms with Gasteiger partial charge in [-0.1, -0.05) is 0 Å². The van der Waals surface area contributed by atoms with E-state index in [4.69, 9.17) is 0 Å². The quantitative estimate of drug-likeness (QED) is 0.907. The molecule has 1 aromatic rings. The smallest absolute Gasteiger partial charge is 0.257 e. The molecule has 0 spiro atoms. The summed E-state index contributed by atoms with van der Waals surface area (Å²) < 4.78 is 0. The van der Waals surface area contributed by atoms with Crippen LogP contribution in [0.25, 0.3) is 0 Å². The van der Waals surface area contributed by atoms with Crippen molar-refractivity contribution in [2.24, 2.45) is 5.92 Å². The highest BCUT2D eigenvalue weighted by molar-refractivity contribution is 5.99. The number of amides is 1. The van der Waals surface area contributed by atoms with E-state index in [2.05, 4.69) is 15.2 Å². The summed E-state index contributed by atoms with van der Waals surface area (Å²) in [7, 11) is 0. The van der Waals surface area contributed by atoms with Crippen LogP contribution in [0.1, 0.15) is 42.2 Å². The number of anilines is 1. The van der Waals surface area contributed by atoms with Crippen molar-refractivity contribution in [3.8, 4) is 0 Å². The number of nitrogens with zero attached hydrogens (tertiary/aromatic N) is 2. The molecule has 1 aliphatic carbocycles. The standard InChI is InChI=1S/C15H21N3O/c1-3-16-14-6-10(2)17-8-13(14)15(19)18-9-11-4-5-12(18)7-11/h6,8,11-12H,3-5,7,9H2,1-2H3,(H,16,17). The number of hydrogen-bond donors (Lipinski definition) is 1. The molecule has 2 unspecified atom stereocenters. The second-order valence-electron chi connectivity index (χ2n) is 5.69. The van der Waals surface area contributed by atoms with Gasteiger partial charge in [0.25, 0.3) is 5.91 Å². The second kappa shape index (κ2) is 4.83. The summed E-state index contributed by atoms with van der Waals surface area (Å²) in [6, 6.07) is 2.43. The van der Waals surface area contributed by atoms with Crippen LogP contribution in [0.2, 0.25) is 0 Å². The lowest BCUT2D eigenvalue weighted by molar-refractivity contribution is 0.0704. The van der Waals surface area contributed by atoms with Gasteiger partial charge in [0.2, 0.25) is 0 Å². The van der Waals surface area contributed by atoms with E-state index in [1.165, 1.54) is 19.3 Å². The Kier molecular flexibility index (Phi) is 3.17.